The number of para-hydroxylation sites is 1. The lowest BCUT2D eigenvalue weighted by Gasteiger charge is -2.27. The Balaban J connectivity index is 1.55. The number of barbiturate groups is 1. The number of halogens is 1. The Kier molecular flexibility index (Phi) is 6.74. The highest BCUT2D eigenvalue weighted by atomic mass is 79.9. The lowest BCUT2D eigenvalue weighted by Crippen LogP contribution is -2.54. The molecule has 0 radical (unpaired) electrons. The topological polar surface area (TPSA) is 119 Å². The third-order valence-corrected chi connectivity index (χ3v) is 5.86. The van der Waals surface area contributed by atoms with Crippen LogP contribution in [-0.2, 0) is 16.2 Å². The first-order chi connectivity index (χ1) is 16.7. The van der Waals surface area contributed by atoms with Crippen molar-refractivity contribution in [1.29, 1.82) is 0 Å². The monoisotopic (exact) mass is 535 g/mol. The van der Waals surface area contributed by atoms with E-state index in [1.54, 1.807) is 61.5 Å². The summed E-state index contributed by atoms with van der Waals surface area (Å²) in [5.74, 6) is -1.04. The molecule has 9 nitrogen and oxygen atoms in total. The second-order valence-corrected chi connectivity index (χ2v) is 8.50. The number of benzene rings is 3. The van der Waals surface area contributed by atoms with E-state index in [9.17, 15) is 24.5 Å². The van der Waals surface area contributed by atoms with Gasteiger partial charge in [-0.25, -0.2) is 9.69 Å². The van der Waals surface area contributed by atoms with E-state index in [1.165, 1.54) is 18.2 Å². The minimum absolute atomic E-state index is 0.0270. The number of nitro benzene ring substituents is 1. The molecular weight excluding hydrogens is 518 g/mol. The van der Waals surface area contributed by atoms with Crippen LogP contribution in [0.4, 0.5) is 16.2 Å². The summed E-state index contributed by atoms with van der Waals surface area (Å²) in [5.41, 5.74) is 2.03. The van der Waals surface area contributed by atoms with Crippen molar-refractivity contribution in [3.8, 4) is 5.75 Å². The number of ether oxygens (including phenoxy) is 1. The molecule has 1 aliphatic rings. The highest BCUT2D eigenvalue weighted by Crippen LogP contribution is 2.29. The molecule has 1 fully saturated rings. The standard InChI is InChI=1S/C25H18BrN3O6/c1-15-5-2-3-8-21(15)28-24(31)19(23(30)27-25(28)32)12-16-9-10-22(20(26)13-16)35-14-17-6-4-7-18(11-17)29(33)34/h2-13H,14H2,1H3,(H,27,30,32)/b19-12+. The predicted octanol–water partition coefficient (Wildman–Crippen LogP) is 4.91. The van der Waals surface area contributed by atoms with Crippen LogP contribution in [0, 0.1) is 17.0 Å². The number of nitrogens with one attached hydrogen (secondary N) is 1. The summed E-state index contributed by atoms with van der Waals surface area (Å²) in [5, 5.41) is 13.1. The van der Waals surface area contributed by atoms with E-state index in [-0.39, 0.29) is 17.9 Å². The molecule has 4 amide bonds. The van der Waals surface area contributed by atoms with E-state index in [1.807, 2.05) is 0 Å². The molecule has 1 saturated heterocycles. The lowest BCUT2D eigenvalue weighted by atomic mass is 10.1. The highest BCUT2D eigenvalue weighted by Gasteiger charge is 2.37. The van der Waals surface area contributed by atoms with Gasteiger partial charge in [-0.05, 0) is 63.8 Å². The van der Waals surface area contributed by atoms with Gasteiger partial charge in [-0.1, -0.05) is 36.4 Å². The number of imide groups is 2. The van der Waals surface area contributed by atoms with Gasteiger partial charge in [-0.3, -0.25) is 25.0 Å². The Labute approximate surface area is 208 Å². The molecule has 0 unspecified atom stereocenters. The summed E-state index contributed by atoms with van der Waals surface area (Å²) in [6.45, 7) is 1.87. The maximum atomic E-state index is 13.1. The van der Waals surface area contributed by atoms with E-state index < -0.39 is 22.8 Å². The van der Waals surface area contributed by atoms with Gasteiger partial charge in [0.1, 0.15) is 17.9 Å². The average Bonchev–Trinajstić information content (AvgIpc) is 2.82. The zero-order valence-corrected chi connectivity index (χ0v) is 19.9. The highest BCUT2D eigenvalue weighted by molar-refractivity contribution is 9.10. The molecule has 3 aromatic carbocycles. The van der Waals surface area contributed by atoms with Crippen molar-refractivity contribution in [2.45, 2.75) is 13.5 Å². The first kappa shape index (κ1) is 23.8. The first-order valence-corrected chi connectivity index (χ1v) is 11.2. The van der Waals surface area contributed by atoms with Crippen molar-refractivity contribution < 1.29 is 24.0 Å². The summed E-state index contributed by atoms with van der Waals surface area (Å²) < 4.78 is 6.31. The zero-order chi connectivity index (χ0) is 25.1. The minimum Gasteiger partial charge on any atom is -0.488 e. The van der Waals surface area contributed by atoms with Crippen LogP contribution >= 0.6 is 15.9 Å². The molecular formula is C25H18BrN3O6. The summed E-state index contributed by atoms with van der Waals surface area (Å²) in [6.07, 6.45) is 1.39. The number of hydrogen-bond acceptors (Lipinski definition) is 6. The van der Waals surface area contributed by atoms with E-state index in [4.69, 9.17) is 4.74 Å². The maximum Gasteiger partial charge on any atom is 0.335 e. The van der Waals surface area contributed by atoms with Crippen molar-refractivity contribution in [3.63, 3.8) is 0 Å². The van der Waals surface area contributed by atoms with Crippen LogP contribution in [0.5, 0.6) is 5.75 Å². The van der Waals surface area contributed by atoms with Gasteiger partial charge < -0.3 is 4.74 Å². The van der Waals surface area contributed by atoms with Gasteiger partial charge in [0.15, 0.2) is 0 Å². The van der Waals surface area contributed by atoms with Crippen LogP contribution in [0.2, 0.25) is 0 Å². The second-order valence-electron chi connectivity index (χ2n) is 7.65. The summed E-state index contributed by atoms with van der Waals surface area (Å²) >= 11 is 3.41. The van der Waals surface area contributed by atoms with E-state index in [0.717, 1.165) is 4.90 Å². The third-order valence-electron chi connectivity index (χ3n) is 5.24. The molecule has 35 heavy (non-hydrogen) atoms. The van der Waals surface area contributed by atoms with Crippen LogP contribution < -0.4 is 15.0 Å². The van der Waals surface area contributed by atoms with Crippen molar-refractivity contribution in [1.82, 2.24) is 5.32 Å². The van der Waals surface area contributed by atoms with Crippen LogP contribution in [0.15, 0.2) is 76.8 Å². The molecule has 0 bridgehead atoms. The molecule has 0 aliphatic carbocycles. The van der Waals surface area contributed by atoms with Gasteiger partial charge in [-0.15, -0.1) is 0 Å². The van der Waals surface area contributed by atoms with Gasteiger partial charge >= 0.3 is 6.03 Å². The number of anilines is 1. The predicted molar refractivity (Wildman–Crippen MR) is 132 cm³/mol. The van der Waals surface area contributed by atoms with Gasteiger partial charge in [0, 0.05) is 12.1 Å². The van der Waals surface area contributed by atoms with Crippen molar-refractivity contribution in [2.24, 2.45) is 0 Å². The molecule has 176 valence electrons. The number of aryl methyl sites for hydroxylation is 1. The third kappa shape index (κ3) is 5.12. The Morgan fingerprint density at radius 1 is 1.06 bits per heavy atom. The maximum absolute atomic E-state index is 13.1. The molecule has 4 rings (SSSR count). The number of carbonyl (C=O) groups is 3. The number of nitrogens with zero attached hydrogens (tertiary/aromatic N) is 2. The molecule has 0 aromatic heterocycles. The molecule has 1 aliphatic heterocycles. The summed E-state index contributed by atoms with van der Waals surface area (Å²) in [6, 6.07) is 17.1. The van der Waals surface area contributed by atoms with Gasteiger partial charge in [-0.2, -0.15) is 0 Å². The van der Waals surface area contributed by atoms with E-state index >= 15 is 0 Å². The fourth-order valence-corrected chi connectivity index (χ4v) is 4.01. The Bertz CT molecular complexity index is 1400. The Morgan fingerprint density at radius 3 is 2.54 bits per heavy atom. The number of non-ortho nitro benzene ring substituents is 1. The molecule has 3 aromatic rings. The first-order valence-electron chi connectivity index (χ1n) is 10.4. The fraction of sp³-hybridized carbons (Fsp3) is 0.0800. The van der Waals surface area contributed by atoms with Gasteiger partial charge in [0.25, 0.3) is 17.5 Å². The van der Waals surface area contributed by atoms with Crippen LogP contribution in [0.3, 0.4) is 0 Å². The summed E-state index contributed by atoms with van der Waals surface area (Å²) in [4.78, 5) is 49.3. The van der Waals surface area contributed by atoms with Crippen LogP contribution in [0.1, 0.15) is 16.7 Å². The normalized spacial score (nSPS) is 14.7. The van der Waals surface area contributed by atoms with Gasteiger partial charge in [0.05, 0.1) is 15.1 Å². The van der Waals surface area contributed by atoms with E-state index in [0.29, 0.717) is 32.6 Å². The number of amides is 4. The molecule has 0 spiro atoms. The number of carbonyl (C=O) groups excluding carboxylic acids is 3. The quantitative estimate of drug-likeness (QED) is 0.207. The molecule has 0 saturated carbocycles. The lowest BCUT2D eigenvalue weighted by molar-refractivity contribution is -0.384. The Morgan fingerprint density at radius 2 is 1.83 bits per heavy atom. The minimum atomic E-state index is -0.808. The number of urea groups is 1. The van der Waals surface area contributed by atoms with Gasteiger partial charge in [0.2, 0.25) is 0 Å². The molecule has 10 heteroatoms. The average molecular weight is 536 g/mol. The molecule has 1 heterocycles. The summed E-state index contributed by atoms with van der Waals surface area (Å²) in [7, 11) is 0. The fourth-order valence-electron chi connectivity index (χ4n) is 3.50. The number of nitro groups is 1. The second kappa shape index (κ2) is 9.90. The van der Waals surface area contributed by atoms with Crippen molar-refractivity contribution in [2.75, 3.05) is 4.90 Å². The van der Waals surface area contributed by atoms with Crippen molar-refractivity contribution in [3.05, 3.63) is 104 Å². The zero-order valence-electron chi connectivity index (χ0n) is 18.4. The van der Waals surface area contributed by atoms with Crippen LogP contribution in [-0.4, -0.2) is 22.8 Å². The van der Waals surface area contributed by atoms with E-state index in [2.05, 4.69) is 21.2 Å². The molecule has 0 atom stereocenters. The largest absolute Gasteiger partial charge is 0.488 e. The number of hydrogen-bond donors (Lipinski definition) is 1. The van der Waals surface area contributed by atoms with Crippen LogP contribution in [0.25, 0.3) is 6.08 Å². The van der Waals surface area contributed by atoms with Crippen molar-refractivity contribution >= 4 is 51.2 Å². The molecule has 1 N–H and O–H groups in total. The SMILES string of the molecule is Cc1ccccc1N1C(=O)NC(=O)/C(=C\c2ccc(OCc3cccc([N+](=O)[O-])c3)c(Br)c2)C1=O. The Hall–Kier alpha value is -4.31. The smallest absolute Gasteiger partial charge is 0.335 e. The number of rotatable bonds is 6.